The van der Waals surface area contributed by atoms with Crippen molar-refractivity contribution in [3.05, 3.63) is 70.3 Å². The number of anilines is 2. The Labute approximate surface area is 198 Å². The summed E-state index contributed by atoms with van der Waals surface area (Å²) in [6.45, 7) is 0. The molecule has 176 valence electrons. The third kappa shape index (κ3) is 5.48. The summed E-state index contributed by atoms with van der Waals surface area (Å²) >= 11 is 0. The number of amides is 1. The molecule has 3 aromatic rings. The van der Waals surface area contributed by atoms with Crippen molar-refractivity contribution in [3.8, 4) is 0 Å². The molecule has 4 rings (SSSR count). The average molecular weight is 461 g/mol. The molecule has 1 saturated carbocycles. The summed E-state index contributed by atoms with van der Waals surface area (Å²) in [5, 5.41) is 18.6. The highest BCUT2D eigenvalue weighted by atomic mass is 16.6. The summed E-state index contributed by atoms with van der Waals surface area (Å²) in [5.74, 6) is 1.24. The Morgan fingerprint density at radius 3 is 2.44 bits per heavy atom. The molecule has 0 spiro atoms. The number of carbonyl (C=O) groups is 1. The molecule has 1 aromatic heterocycles. The van der Waals surface area contributed by atoms with E-state index in [0.717, 1.165) is 42.4 Å². The smallest absolute Gasteiger partial charge is 0.276 e. The lowest BCUT2D eigenvalue weighted by Gasteiger charge is -2.29. The zero-order valence-electron chi connectivity index (χ0n) is 19.3. The van der Waals surface area contributed by atoms with E-state index in [-0.39, 0.29) is 23.7 Å². The molecule has 9 nitrogen and oxygen atoms in total. The van der Waals surface area contributed by atoms with Crippen molar-refractivity contribution in [3.63, 3.8) is 0 Å². The van der Waals surface area contributed by atoms with Crippen LogP contribution < -0.4 is 15.5 Å². The van der Waals surface area contributed by atoms with E-state index in [2.05, 4.69) is 15.6 Å². The number of fused-ring (bicyclic) bond motifs is 1. The Bertz CT molecular complexity index is 1220. The van der Waals surface area contributed by atoms with Crippen molar-refractivity contribution in [2.45, 2.75) is 37.8 Å². The van der Waals surface area contributed by atoms with Crippen molar-refractivity contribution < 1.29 is 9.72 Å². The van der Waals surface area contributed by atoms with Crippen LogP contribution in [0.1, 0.15) is 31.2 Å². The first kappa shape index (κ1) is 23.2. The molecular formula is C25H28N6O3. The van der Waals surface area contributed by atoms with Gasteiger partial charge in [0.05, 0.1) is 16.0 Å². The van der Waals surface area contributed by atoms with E-state index in [9.17, 15) is 14.9 Å². The van der Waals surface area contributed by atoms with E-state index in [0.29, 0.717) is 11.5 Å². The van der Waals surface area contributed by atoms with Crippen LogP contribution in [0.4, 0.5) is 17.5 Å². The maximum absolute atomic E-state index is 12.4. The number of nitro groups is 1. The number of para-hydroxylation sites is 2. The van der Waals surface area contributed by atoms with Crippen molar-refractivity contribution >= 4 is 40.3 Å². The number of nitrogens with one attached hydrogen (secondary N) is 2. The Kier molecular flexibility index (Phi) is 7.01. The molecule has 0 unspecified atom stereocenters. The second-order valence-electron chi connectivity index (χ2n) is 8.63. The first-order chi connectivity index (χ1) is 16.4. The highest BCUT2D eigenvalue weighted by Gasteiger charge is 2.23. The first-order valence-electron chi connectivity index (χ1n) is 11.3. The summed E-state index contributed by atoms with van der Waals surface area (Å²) in [6, 6.07) is 14.6. The lowest BCUT2D eigenvalue weighted by molar-refractivity contribution is -0.385. The Morgan fingerprint density at radius 1 is 1.03 bits per heavy atom. The minimum Gasteiger partial charge on any atom is -0.362 e. The van der Waals surface area contributed by atoms with Crippen LogP contribution in [0.3, 0.4) is 0 Å². The lowest BCUT2D eigenvalue weighted by atomic mass is 9.91. The molecule has 9 heteroatoms. The SMILES string of the molecule is CN(C)c1nc(NC2CCC(NC(=O)C=Cc3ccccc3[N+](=O)[O-])CC2)nc2ccccc12. The molecule has 34 heavy (non-hydrogen) atoms. The van der Waals surface area contributed by atoms with Crippen molar-refractivity contribution in [2.75, 3.05) is 24.3 Å². The van der Waals surface area contributed by atoms with Crippen LogP contribution in [-0.2, 0) is 4.79 Å². The molecule has 1 heterocycles. The maximum Gasteiger partial charge on any atom is 0.276 e. The molecule has 0 radical (unpaired) electrons. The summed E-state index contributed by atoms with van der Waals surface area (Å²) < 4.78 is 0. The fraction of sp³-hybridized carbons (Fsp3) is 0.320. The molecule has 2 aromatic carbocycles. The topological polar surface area (TPSA) is 113 Å². The Hall–Kier alpha value is -4.01. The molecule has 2 N–H and O–H groups in total. The third-order valence-electron chi connectivity index (χ3n) is 5.96. The molecule has 0 bridgehead atoms. The normalized spacial score (nSPS) is 18.1. The average Bonchev–Trinajstić information content (AvgIpc) is 2.83. The molecule has 0 saturated heterocycles. The van der Waals surface area contributed by atoms with Crippen LogP contribution in [0.5, 0.6) is 0 Å². The molecule has 1 aliphatic carbocycles. The van der Waals surface area contributed by atoms with Crippen LogP contribution >= 0.6 is 0 Å². The van der Waals surface area contributed by atoms with Gasteiger partial charge in [0.1, 0.15) is 5.82 Å². The fourth-order valence-electron chi connectivity index (χ4n) is 4.24. The fourth-order valence-corrected chi connectivity index (χ4v) is 4.24. The number of carbonyl (C=O) groups excluding carboxylic acids is 1. The number of hydrogen-bond donors (Lipinski definition) is 2. The summed E-state index contributed by atoms with van der Waals surface area (Å²) in [4.78, 5) is 34.4. The summed E-state index contributed by atoms with van der Waals surface area (Å²) in [5.41, 5.74) is 1.28. The second-order valence-corrected chi connectivity index (χ2v) is 8.63. The van der Waals surface area contributed by atoms with Gasteiger partial charge in [-0.25, -0.2) is 4.98 Å². The summed E-state index contributed by atoms with van der Waals surface area (Å²) in [7, 11) is 3.94. The van der Waals surface area contributed by atoms with Gasteiger partial charge >= 0.3 is 0 Å². The quantitative estimate of drug-likeness (QED) is 0.309. The minimum atomic E-state index is -0.452. The van der Waals surface area contributed by atoms with E-state index in [1.165, 1.54) is 18.2 Å². The van der Waals surface area contributed by atoms with Gasteiger partial charge < -0.3 is 15.5 Å². The van der Waals surface area contributed by atoms with Gasteiger partial charge in [0.2, 0.25) is 11.9 Å². The Morgan fingerprint density at radius 2 is 1.71 bits per heavy atom. The van der Waals surface area contributed by atoms with Crippen LogP contribution in [0.25, 0.3) is 17.0 Å². The lowest BCUT2D eigenvalue weighted by Crippen LogP contribution is -2.39. The van der Waals surface area contributed by atoms with Crippen molar-refractivity contribution in [1.29, 1.82) is 0 Å². The predicted octanol–water partition coefficient (Wildman–Crippen LogP) is 4.16. The molecule has 0 aliphatic heterocycles. The van der Waals surface area contributed by atoms with E-state index >= 15 is 0 Å². The van der Waals surface area contributed by atoms with Gasteiger partial charge in [0.25, 0.3) is 5.69 Å². The standard InChI is InChI=1S/C25H28N6O3/c1-30(2)24-20-8-4-5-9-21(20)28-25(29-24)27-19-14-12-18(13-15-19)26-23(32)16-11-17-7-3-6-10-22(17)31(33)34/h3-11,16,18-19H,12-15H2,1-2H3,(H,26,32)(H,27,28,29). The third-order valence-corrected chi connectivity index (χ3v) is 5.96. The van der Waals surface area contributed by atoms with Gasteiger partial charge in [0.15, 0.2) is 0 Å². The van der Waals surface area contributed by atoms with E-state index < -0.39 is 4.92 Å². The molecule has 1 fully saturated rings. The van der Waals surface area contributed by atoms with E-state index in [4.69, 9.17) is 4.98 Å². The van der Waals surface area contributed by atoms with Crippen LogP contribution in [0, 0.1) is 10.1 Å². The molecular weight excluding hydrogens is 432 g/mol. The zero-order valence-corrected chi connectivity index (χ0v) is 19.3. The number of nitro benzene ring substituents is 1. The van der Waals surface area contributed by atoms with Gasteiger partial charge in [-0.1, -0.05) is 24.3 Å². The largest absolute Gasteiger partial charge is 0.362 e. The van der Waals surface area contributed by atoms with Crippen LogP contribution in [-0.4, -0.2) is 47.0 Å². The monoisotopic (exact) mass is 460 g/mol. The second kappa shape index (κ2) is 10.3. The highest BCUT2D eigenvalue weighted by molar-refractivity contribution is 5.92. The maximum atomic E-state index is 12.4. The van der Waals surface area contributed by atoms with Crippen molar-refractivity contribution in [1.82, 2.24) is 15.3 Å². The van der Waals surface area contributed by atoms with Gasteiger partial charge in [-0.05, 0) is 50.0 Å². The van der Waals surface area contributed by atoms with Crippen LogP contribution in [0.15, 0.2) is 54.6 Å². The summed E-state index contributed by atoms with van der Waals surface area (Å²) in [6.07, 6.45) is 6.27. The number of rotatable bonds is 7. The van der Waals surface area contributed by atoms with Crippen LogP contribution in [0.2, 0.25) is 0 Å². The number of hydrogen-bond acceptors (Lipinski definition) is 7. The number of benzene rings is 2. The van der Waals surface area contributed by atoms with Crippen molar-refractivity contribution in [2.24, 2.45) is 0 Å². The minimum absolute atomic E-state index is 0.0218. The van der Waals surface area contributed by atoms with Gasteiger partial charge in [-0.15, -0.1) is 0 Å². The zero-order chi connectivity index (χ0) is 24.1. The number of nitrogens with zero attached hydrogens (tertiary/aromatic N) is 4. The highest BCUT2D eigenvalue weighted by Crippen LogP contribution is 2.26. The first-order valence-corrected chi connectivity index (χ1v) is 11.3. The molecule has 1 amide bonds. The molecule has 0 atom stereocenters. The van der Waals surface area contributed by atoms with Gasteiger partial charge in [-0.3, -0.25) is 14.9 Å². The predicted molar refractivity (Wildman–Crippen MR) is 134 cm³/mol. The van der Waals surface area contributed by atoms with E-state index in [1.54, 1.807) is 18.2 Å². The van der Waals surface area contributed by atoms with Gasteiger partial charge in [-0.2, -0.15) is 4.98 Å². The van der Waals surface area contributed by atoms with E-state index in [1.807, 2.05) is 43.3 Å². The molecule has 1 aliphatic rings. The Balaban J connectivity index is 1.33. The number of aromatic nitrogens is 2. The van der Waals surface area contributed by atoms with Gasteiger partial charge in [0, 0.05) is 43.7 Å².